The van der Waals surface area contributed by atoms with Gasteiger partial charge in [0.1, 0.15) is 0 Å². The number of rotatable bonds is 7. The summed E-state index contributed by atoms with van der Waals surface area (Å²) in [7, 11) is 0. The van der Waals surface area contributed by atoms with Crippen molar-refractivity contribution in [3.05, 3.63) is 24.2 Å². The van der Waals surface area contributed by atoms with Gasteiger partial charge in [0.2, 0.25) is 0 Å². The largest absolute Gasteiger partial charge is 0.343 e. The highest BCUT2D eigenvalue weighted by molar-refractivity contribution is 5.73. The first-order valence-electron chi connectivity index (χ1n) is 6.10. The van der Waals surface area contributed by atoms with Crippen molar-refractivity contribution in [3.63, 3.8) is 0 Å². The SMILES string of the molecule is CCCNCCNCc1ccnc2nc[nH]c12. The van der Waals surface area contributed by atoms with Gasteiger partial charge in [-0.05, 0) is 24.6 Å². The monoisotopic (exact) mass is 233 g/mol. The lowest BCUT2D eigenvalue weighted by Crippen LogP contribution is -2.27. The molecule has 0 aliphatic carbocycles. The molecule has 0 saturated carbocycles. The third-order valence-electron chi connectivity index (χ3n) is 2.63. The molecule has 0 aromatic carbocycles. The lowest BCUT2D eigenvalue weighted by Gasteiger charge is -2.06. The van der Waals surface area contributed by atoms with Crippen molar-refractivity contribution < 1.29 is 0 Å². The van der Waals surface area contributed by atoms with E-state index in [0.29, 0.717) is 0 Å². The second-order valence-electron chi connectivity index (χ2n) is 4.00. The third kappa shape index (κ3) is 3.25. The average molecular weight is 233 g/mol. The molecule has 0 radical (unpaired) electrons. The highest BCUT2D eigenvalue weighted by atomic mass is 15.0. The minimum absolute atomic E-state index is 0.786. The Morgan fingerprint density at radius 2 is 2.06 bits per heavy atom. The van der Waals surface area contributed by atoms with Crippen LogP contribution in [0.3, 0.4) is 0 Å². The van der Waals surface area contributed by atoms with Crippen molar-refractivity contribution in [1.82, 2.24) is 25.6 Å². The van der Waals surface area contributed by atoms with Crippen LogP contribution in [-0.2, 0) is 6.54 Å². The van der Waals surface area contributed by atoms with Gasteiger partial charge in [-0.25, -0.2) is 9.97 Å². The number of aromatic amines is 1. The van der Waals surface area contributed by atoms with Crippen LogP contribution in [0.4, 0.5) is 0 Å². The summed E-state index contributed by atoms with van der Waals surface area (Å²) >= 11 is 0. The number of imidazole rings is 1. The predicted molar refractivity (Wildman–Crippen MR) is 68.8 cm³/mol. The van der Waals surface area contributed by atoms with Crippen LogP contribution in [0.2, 0.25) is 0 Å². The van der Waals surface area contributed by atoms with Crippen LogP contribution in [0.25, 0.3) is 11.2 Å². The minimum atomic E-state index is 0.786. The average Bonchev–Trinajstić information content (AvgIpc) is 2.82. The lowest BCUT2D eigenvalue weighted by atomic mass is 10.2. The maximum Gasteiger partial charge on any atom is 0.177 e. The molecule has 3 N–H and O–H groups in total. The van der Waals surface area contributed by atoms with Crippen LogP contribution < -0.4 is 10.6 Å². The molecule has 2 rings (SSSR count). The Bertz CT molecular complexity index is 451. The van der Waals surface area contributed by atoms with Crippen LogP contribution in [0.5, 0.6) is 0 Å². The van der Waals surface area contributed by atoms with Crippen molar-refractivity contribution >= 4 is 11.2 Å². The Morgan fingerprint density at radius 1 is 1.18 bits per heavy atom. The van der Waals surface area contributed by atoms with E-state index in [1.165, 1.54) is 12.0 Å². The van der Waals surface area contributed by atoms with Gasteiger partial charge in [-0.3, -0.25) is 0 Å². The zero-order chi connectivity index (χ0) is 11.9. The molecule has 5 nitrogen and oxygen atoms in total. The highest BCUT2D eigenvalue weighted by Gasteiger charge is 2.02. The molecular formula is C12H19N5. The minimum Gasteiger partial charge on any atom is -0.343 e. The van der Waals surface area contributed by atoms with Gasteiger partial charge in [0.15, 0.2) is 5.65 Å². The molecule has 0 amide bonds. The van der Waals surface area contributed by atoms with Gasteiger partial charge in [0, 0.05) is 25.8 Å². The fourth-order valence-corrected chi connectivity index (χ4v) is 1.75. The van der Waals surface area contributed by atoms with E-state index in [1.807, 2.05) is 6.07 Å². The maximum atomic E-state index is 4.19. The normalized spacial score (nSPS) is 11.1. The lowest BCUT2D eigenvalue weighted by molar-refractivity contribution is 0.607. The molecule has 0 bridgehead atoms. The first-order valence-corrected chi connectivity index (χ1v) is 6.10. The number of pyridine rings is 1. The van der Waals surface area contributed by atoms with Gasteiger partial charge >= 0.3 is 0 Å². The molecule has 0 unspecified atom stereocenters. The summed E-state index contributed by atoms with van der Waals surface area (Å²) < 4.78 is 0. The highest BCUT2D eigenvalue weighted by Crippen LogP contribution is 2.11. The van der Waals surface area contributed by atoms with Crippen molar-refractivity contribution in [3.8, 4) is 0 Å². The van der Waals surface area contributed by atoms with Gasteiger partial charge < -0.3 is 15.6 Å². The third-order valence-corrected chi connectivity index (χ3v) is 2.63. The van der Waals surface area contributed by atoms with Gasteiger partial charge in [0.05, 0.1) is 11.8 Å². The summed E-state index contributed by atoms with van der Waals surface area (Å²) in [6.07, 6.45) is 4.67. The van der Waals surface area contributed by atoms with E-state index in [2.05, 4.69) is 32.5 Å². The zero-order valence-electron chi connectivity index (χ0n) is 10.2. The van der Waals surface area contributed by atoms with E-state index in [1.54, 1.807) is 12.5 Å². The van der Waals surface area contributed by atoms with E-state index in [4.69, 9.17) is 0 Å². The summed E-state index contributed by atoms with van der Waals surface area (Å²) in [6, 6.07) is 2.02. The zero-order valence-corrected chi connectivity index (χ0v) is 10.2. The summed E-state index contributed by atoms with van der Waals surface area (Å²) in [5, 5.41) is 6.76. The second-order valence-corrected chi connectivity index (χ2v) is 4.00. The molecule has 0 fully saturated rings. The molecule has 2 heterocycles. The number of aromatic nitrogens is 3. The number of hydrogen-bond donors (Lipinski definition) is 3. The van der Waals surface area contributed by atoms with Gasteiger partial charge in [-0.15, -0.1) is 0 Å². The standard InChI is InChI=1S/C12H19N5/c1-2-4-13-6-7-14-8-10-3-5-15-12-11(10)16-9-17-12/h3,5,9,13-14H,2,4,6-8H2,1H3,(H,15,16,17). The first-order chi connectivity index (χ1) is 8.42. The van der Waals surface area contributed by atoms with E-state index in [9.17, 15) is 0 Å². The number of nitrogens with zero attached hydrogens (tertiary/aromatic N) is 2. The summed E-state index contributed by atoms with van der Waals surface area (Å²) in [5.74, 6) is 0. The molecule has 0 spiro atoms. The van der Waals surface area contributed by atoms with Crippen LogP contribution >= 0.6 is 0 Å². The topological polar surface area (TPSA) is 65.6 Å². The summed E-state index contributed by atoms with van der Waals surface area (Å²) in [4.78, 5) is 11.4. The summed E-state index contributed by atoms with van der Waals surface area (Å²) in [6.45, 7) is 6.08. The Kier molecular flexibility index (Phi) is 4.46. The number of H-pyrrole nitrogens is 1. The molecule has 2 aromatic rings. The van der Waals surface area contributed by atoms with E-state index in [0.717, 1.165) is 37.3 Å². The number of nitrogens with one attached hydrogen (secondary N) is 3. The van der Waals surface area contributed by atoms with E-state index in [-0.39, 0.29) is 0 Å². The number of fused-ring (bicyclic) bond motifs is 1. The predicted octanol–water partition coefficient (Wildman–Crippen LogP) is 1.05. The molecule has 0 aliphatic heterocycles. The second kappa shape index (κ2) is 6.32. The molecule has 2 aromatic heterocycles. The van der Waals surface area contributed by atoms with Crippen molar-refractivity contribution in [2.24, 2.45) is 0 Å². The van der Waals surface area contributed by atoms with E-state index < -0.39 is 0 Å². The first kappa shape index (κ1) is 12.0. The van der Waals surface area contributed by atoms with Gasteiger partial charge in [-0.2, -0.15) is 0 Å². The van der Waals surface area contributed by atoms with Crippen LogP contribution in [0.1, 0.15) is 18.9 Å². The fraction of sp³-hybridized carbons (Fsp3) is 0.500. The Labute approximate surface area is 101 Å². The van der Waals surface area contributed by atoms with Crippen LogP contribution in [0, 0.1) is 0 Å². The van der Waals surface area contributed by atoms with Crippen molar-refractivity contribution in [1.29, 1.82) is 0 Å². The number of hydrogen-bond acceptors (Lipinski definition) is 4. The van der Waals surface area contributed by atoms with Crippen LogP contribution in [0.15, 0.2) is 18.6 Å². The fourth-order valence-electron chi connectivity index (χ4n) is 1.75. The Balaban J connectivity index is 1.80. The van der Waals surface area contributed by atoms with Crippen molar-refractivity contribution in [2.45, 2.75) is 19.9 Å². The van der Waals surface area contributed by atoms with Gasteiger partial charge in [-0.1, -0.05) is 6.92 Å². The van der Waals surface area contributed by atoms with Crippen molar-refractivity contribution in [2.75, 3.05) is 19.6 Å². The molecule has 92 valence electrons. The smallest absolute Gasteiger partial charge is 0.177 e. The summed E-state index contributed by atoms with van der Waals surface area (Å²) in [5.41, 5.74) is 3.03. The molecular weight excluding hydrogens is 214 g/mol. The molecule has 0 aliphatic rings. The molecule has 5 heteroatoms. The molecule has 17 heavy (non-hydrogen) atoms. The van der Waals surface area contributed by atoms with Gasteiger partial charge in [0.25, 0.3) is 0 Å². The molecule has 0 saturated heterocycles. The Morgan fingerprint density at radius 3 is 2.94 bits per heavy atom. The molecule has 0 atom stereocenters. The quantitative estimate of drug-likeness (QED) is 0.625. The van der Waals surface area contributed by atoms with Crippen LogP contribution in [-0.4, -0.2) is 34.6 Å². The van der Waals surface area contributed by atoms with E-state index >= 15 is 0 Å². The Hall–Kier alpha value is -1.46. The maximum absolute atomic E-state index is 4.19.